The SMILES string of the molecule is O=C(/C=C/c1ccccc1C(F)(F)F)N[C@@H](Cc1c[nH]c2ccccc12)C(=O)O. The zero-order valence-electron chi connectivity index (χ0n) is 15.0. The summed E-state index contributed by atoms with van der Waals surface area (Å²) in [7, 11) is 0. The second-order valence-electron chi connectivity index (χ2n) is 6.38. The molecule has 0 aliphatic heterocycles. The van der Waals surface area contributed by atoms with Gasteiger partial charge in [-0.3, -0.25) is 4.79 Å². The van der Waals surface area contributed by atoms with Crippen molar-refractivity contribution in [2.75, 3.05) is 0 Å². The zero-order chi connectivity index (χ0) is 21.0. The van der Waals surface area contributed by atoms with E-state index in [4.69, 9.17) is 0 Å². The van der Waals surface area contributed by atoms with Gasteiger partial charge in [-0.15, -0.1) is 0 Å². The Labute approximate surface area is 163 Å². The molecule has 0 aliphatic rings. The highest BCUT2D eigenvalue weighted by molar-refractivity contribution is 5.95. The van der Waals surface area contributed by atoms with Crippen LogP contribution in [-0.4, -0.2) is 28.0 Å². The number of halogens is 3. The number of carbonyl (C=O) groups is 2. The van der Waals surface area contributed by atoms with Crippen LogP contribution < -0.4 is 5.32 Å². The molecule has 5 nitrogen and oxygen atoms in total. The Morgan fingerprint density at radius 3 is 2.52 bits per heavy atom. The van der Waals surface area contributed by atoms with Gasteiger partial charge < -0.3 is 15.4 Å². The van der Waals surface area contributed by atoms with Crippen molar-refractivity contribution in [2.24, 2.45) is 0 Å². The number of hydrogen-bond acceptors (Lipinski definition) is 2. The second-order valence-corrected chi connectivity index (χ2v) is 6.38. The van der Waals surface area contributed by atoms with Gasteiger partial charge in [0.05, 0.1) is 5.56 Å². The normalized spacial score (nSPS) is 12.9. The number of carboxylic acids is 1. The summed E-state index contributed by atoms with van der Waals surface area (Å²) >= 11 is 0. The Morgan fingerprint density at radius 2 is 1.79 bits per heavy atom. The minimum Gasteiger partial charge on any atom is -0.480 e. The minimum atomic E-state index is -4.56. The molecule has 0 saturated carbocycles. The summed E-state index contributed by atoms with van der Waals surface area (Å²) in [4.78, 5) is 26.7. The van der Waals surface area contributed by atoms with Crippen molar-refractivity contribution >= 4 is 28.9 Å². The molecule has 0 bridgehead atoms. The lowest BCUT2D eigenvalue weighted by molar-refractivity contribution is -0.141. The van der Waals surface area contributed by atoms with E-state index in [9.17, 15) is 27.9 Å². The van der Waals surface area contributed by atoms with Crippen molar-refractivity contribution in [3.05, 3.63) is 77.5 Å². The summed E-state index contributed by atoms with van der Waals surface area (Å²) in [6, 6.07) is 10.9. The lowest BCUT2D eigenvalue weighted by Crippen LogP contribution is -2.41. The van der Waals surface area contributed by atoms with Crippen molar-refractivity contribution in [1.82, 2.24) is 10.3 Å². The van der Waals surface area contributed by atoms with E-state index in [0.29, 0.717) is 5.56 Å². The molecule has 1 heterocycles. The molecule has 1 amide bonds. The number of carbonyl (C=O) groups excluding carboxylic acids is 1. The van der Waals surface area contributed by atoms with Gasteiger partial charge in [0.2, 0.25) is 5.91 Å². The van der Waals surface area contributed by atoms with E-state index in [1.165, 1.54) is 18.2 Å². The fourth-order valence-corrected chi connectivity index (χ4v) is 3.01. The highest BCUT2D eigenvalue weighted by Crippen LogP contribution is 2.32. The number of aromatic amines is 1. The molecule has 0 radical (unpaired) electrons. The number of H-pyrrole nitrogens is 1. The number of alkyl halides is 3. The van der Waals surface area contributed by atoms with Gasteiger partial charge in [0, 0.05) is 29.6 Å². The average Bonchev–Trinajstić information content (AvgIpc) is 3.08. The lowest BCUT2D eigenvalue weighted by atomic mass is 10.0. The molecule has 150 valence electrons. The molecule has 0 aliphatic carbocycles. The summed E-state index contributed by atoms with van der Waals surface area (Å²) in [5.74, 6) is -2.04. The molecule has 2 aromatic carbocycles. The molecule has 8 heteroatoms. The van der Waals surface area contributed by atoms with E-state index >= 15 is 0 Å². The van der Waals surface area contributed by atoms with Crippen LogP contribution in [0, 0.1) is 0 Å². The first kappa shape index (κ1) is 20.2. The summed E-state index contributed by atoms with van der Waals surface area (Å²) in [6.45, 7) is 0. The van der Waals surface area contributed by atoms with Crippen molar-refractivity contribution < 1.29 is 27.9 Å². The molecule has 1 aromatic heterocycles. The minimum absolute atomic E-state index is 0.0259. The number of rotatable bonds is 6. The number of nitrogens with one attached hydrogen (secondary N) is 2. The maximum atomic E-state index is 13.0. The number of aliphatic carboxylic acids is 1. The van der Waals surface area contributed by atoms with Crippen LogP contribution in [0.2, 0.25) is 0 Å². The summed E-state index contributed by atoms with van der Waals surface area (Å²) in [5, 5.41) is 12.6. The number of para-hydroxylation sites is 1. The van der Waals surface area contributed by atoms with E-state index in [1.807, 2.05) is 24.3 Å². The fraction of sp³-hybridized carbons (Fsp3) is 0.143. The smallest absolute Gasteiger partial charge is 0.416 e. The first-order chi connectivity index (χ1) is 13.8. The molecule has 1 atom stereocenters. The number of benzene rings is 2. The van der Waals surface area contributed by atoms with E-state index < -0.39 is 29.7 Å². The molecule has 0 spiro atoms. The van der Waals surface area contributed by atoms with Gasteiger partial charge in [0.1, 0.15) is 6.04 Å². The number of fused-ring (bicyclic) bond motifs is 1. The largest absolute Gasteiger partial charge is 0.480 e. The standard InChI is InChI=1S/C21H17F3N2O3/c22-21(23,24)16-7-3-1-5-13(16)9-10-19(27)26-18(20(28)29)11-14-12-25-17-8-4-2-6-15(14)17/h1-10,12,18,25H,11H2,(H,26,27)(H,28,29)/b10-9+/t18-/m0/s1. The molecule has 3 N–H and O–H groups in total. The monoisotopic (exact) mass is 402 g/mol. The molecule has 0 saturated heterocycles. The Hall–Kier alpha value is -3.55. The summed E-state index contributed by atoms with van der Waals surface area (Å²) in [5.41, 5.74) is 0.484. The first-order valence-electron chi connectivity index (χ1n) is 8.68. The third kappa shape index (κ3) is 4.84. The highest BCUT2D eigenvalue weighted by atomic mass is 19.4. The lowest BCUT2D eigenvalue weighted by Gasteiger charge is -2.13. The Bertz CT molecular complexity index is 1070. The maximum absolute atomic E-state index is 13.0. The van der Waals surface area contributed by atoms with E-state index in [2.05, 4.69) is 10.3 Å². The van der Waals surface area contributed by atoms with Gasteiger partial charge in [0.15, 0.2) is 0 Å². The van der Waals surface area contributed by atoms with Crippen LogP contribution in [-0.2, 0) is 22.2 Å². The summed E-state index contributed by atoms with van der Waals surface area (Å²) < 4.78 is 39.0. The Balaban J connectivity index is 1.74. The Morgan fingerprint density at radius 1 is 1.10 bits per heavy atom. The van der Waals surface area contributed by atoms with E-state index in [-0.39, 0.29) is 12.0 Å². The topological polar surface area (TPSA) is 82.2 Å². The van der Waals surface area contributed by atoms with Crippen molar-refractivity contribution in [1.29, 1.82) is 0 Å². The molecular formula is C21H17F3N2O3. The summed E-state index contributed by atoms with van der Waals surface area (Å²) in [6.07, 6.45) is -0.949. The predicted octanol–water partition coefficient (Wildman–Crippen LogP) is 4.01. The number of carboxylic acid groups (broad SMARTS) is 1. The number of amides is 1. The van der Waals surface area contributed by atoms with Gasteiger partial charge in [-0.1, -0.05) is 36.4 Å². The molecule has 29 heavy (non-hydrogen) atoms. The average molecular weight is 402 g/mol. The van der Waals surface area contributed by atoms with Crippen molar-refractivity contribution in [3.63, 3.8) is 0 Å². The third-order valence-electron chi connectivity index (χ3n) is 4.39. The van der Waals surface area contributed by atoms with Gasteiger partial charge in [0.25, 0.3) is 0 Å². The van der Waals surface area contributed by atoms with Gasteiger partial charge in [-0.05, 0) is 29.3 Å². The van der Waals surface area contributed by atoms with Crippen LogP contribution in [0.1, 0.15) is 16.7 Å². The van der Waals surface area contributed by atoms with E-state index in [0.717, 1.165) is 29.1 Å². The highest BCUT2D eigenvalue weighted by Gasteiger charge is 2.32. The first-order valence-corrected chi connectivity index (χ1v) is 8.68. The number of aromatic nitrogens is 1. The van der Waals surface area contributed by atoms with Crippen molar-refractivity contribution in [2.45, 2.75) is 18.6 Å². The van der Waals surface area contributed by atoms with Crippen molar-refractivity contribution in [3.8, 4) is 0 Å². The van der Waals surface area contributed by atoms with Crippen LogP contribution in [0.5, 0.6) is 0 Å². The number of hydrogen-bond donors (Lipinski definition) is 3. The molecule has 0 unspecified atom stereocenters. The van der Waals surface area contributed by atoms with Gasteiger partial charge in [-0.2, -0.15) is 13.2 Å². The molecule has 3 rings (SSSR count). The quantitative estimate of drug-likeness (QED) is 0.545. The predicted molar refractivity (Wildman–Crippen MR) is 102 cm³/mol. The van der Waals surface area contributed by atoms with Crippen LogP contribution >= 0.6 is 0 Å². The van der Waals surface area contributed by atoms with E-state index in [1.54, 1.807) is 6.20 Å². The van der Waals surface area contributed by atoms with Crippen LogP contribution in [0.3, 0.4) is 0 Å². The molecule has 3 aromatic rings. The van der Waals surface area contributed by atoms with Crippen LogP contribution in [0.15, 0.2) is 60.8 Å². The maximum Gasteiger partial charge on any atom is 0.416 e. The fourth-order valence-electron chi connectivity index (χ4n) is 3.01. The molecule has 0 fully saturated rings. The Kier molecular flexibility index (Phi) is 5.72. The van der Waals surface area contributed by atoms with Crippen LogP contribution in [0.4, 0.5) is 13.2 Å². The second kappa shape index (κ2) is 8.22. The zero-order valence-corrected chi connectivity index (χ0v) is 15.0. The molecular weight excluding hydrogens is 385 g/mol. The van der Waals surface area contributed by atoms with Gasteiger partial charge in [-0.25, -0.2) is 4.79 Å². The van der Waals surface area contributed by atoms with Crippen LogP contribution in [0.25, 0.3) is 17.0 Å². The third-order valence-corrected chi connectivity index (χ3v) is 4.39. The van der Waals surface area contributed by atoms with Gasteiger partial charge >= 0.3 is 12.1 Å².